The lowest BCUT2D eigenvalue weighted by molar-refractivity contribution is -0.0498. The summed E-state index contributed by atoms with van der Waals surface area (Å²) in [6.45, 7) is -2.15. The molecule has 0 atom stereocenters. The molecule has 0 saturated heterocycles. The number of hydrogen-bond acceptors (Lipinski definition) is 4. The summed E-state index contributed by atoms with van der Waals surface area (Å²) < 4.78 is 33.0. The summed E-state index contributed by atoms with van der Waals surface area (Å²) in [5.74, 6) is -0.339. The Bertz CT molecular complexity index is 384. The maximum absolute atomic E-state index is 11.9. The molecule has 0 aliphatic heterocycles. The molecule has 0 bridgehead atoms. The van der Waals surface area contributed by atoms with Gasteiger partial charge >= 0.3 is 6.61 Å². The van der Waals surface area contributed by atoms with Crippen molar-refractivity contribution in [1.29, 1.82) is 0 Å². The van der Waals surface area contributed by atoms with Crippen molar-refractivity contribution in [3.05, 3.63) is 29.8 Å². The van der Waals surface area contributed by atoms with E-state index in [1.54, 1.807) is 0 Å². The zero-order valence-corrected chi connectivity index (χ0v) is 10.1. The normalized spacial score (nSPS) is 10.5. The lowest BCUT2D eigenvalue weighted by atomic mass is 10.2. The van der Waals surface area contributed by atoms with E-state index in [1.165, 1.54) is 24.3 Å². The molecule has 106 valence electrons. The van der Waals surface area contributed by atoms with Gasteiger partial charge in [0.15, 0.2) is 0 Å². The van der Waals surface area contributed by atoms with Crippen molar-refractivity contribution in [2.45, 2.75) is 6.61 Å². The van der Waals surface area contributed by atoms with E-state index in [1.807, 2.05) is 0 Å². The minimum absolute atomic E-state index is 0.00201. The fourth-order valence-electron chi connectivity index (χ4n) is 1.29. The van der Waals surface area contributed by atoms with Crippen LogP contribution in [0.15, 0.2) is 24.3 Å². The molecule has 0 spiro atoms. The van der Waals surface area contributed by atoms with Gasteiger partial charge in [0, 0.05) is 12.1 Å². The average Bonchev–Trinajstić information content (AvgIpc) is 2.38. The zero-order chi connectivity index (χ0) is 14.1. The van der Waals surface area contributed by atoms with Gasteiger partial charge < -0.3 is 19.9 Å². The zero-order valence-electron chi connectivity index (χ0n) is 10.1. The van der Waals surface area contributed by atoms with Crippen molar-refractivity contribution < 1.29 is 28.2 Å². The van der Waals surface area contributed by atoms with Gasteiger partial charge in [0.25, 0.3) is 5.91 Å². The summed E-state index contributed by atoms with van der Waals surface area (Å²) in [6.07, 6.45) is 0. The monoisotopic (exact) mass is 275 g/mol. The van der Waals surface area contributed by atoms with Crippen LogP contribution in [0.25, 0.3) is 0 Å². The van der Waals surface area contributed by atoms with Crippen molar-refractivity contribution in [1.82, 2.24) is 5.32 Å². The van der Waals surface area contributed by atoms with Gasteiger partial charge in [0.1, 0.15) is 5.75 Å². The Kier molecular flexibility index (Phi) is 6.76. The van der Waals surface area contributed by atoms with Gasteiger partial charge in [-0.25, -0.2) is 0 Å². The van der Waals surface area contributed by atoms with Gasteiger partial charge in [-0.3, -0.25) is 4.79 Å². The number of aliphatic hydroxyl groups excluding tert-OH is 1. The summed E-state index contributed by atoms with van der Waals surface area (Å²) in [5.41, 5.74) is 0.337. The average molecular weight is 275 g/mol. The standard InChI is InChI=1S/C12H15F2NO4/c13-12(14)19-10-3-1-9(2-4-10)11(17)15-5-7-18-8-6-16/h1-4,12,16H,5-8H2,(H,15,17). The van der Waals surface area contributed by atoms with E-state index in [2.05, 4.69) is 10.1 Å². The first-order chi connectivity index (χ1) is 9.13. The molecule has 0 heterocycles. The molecule has 0 unspecified atom stereocenters. The highest BCUT2D eigenvalue weighted by Gasteiger charge is 2.07. The predicted molar refractivity (Wildman–Crippen MR) is 63.3 cm³/mol. The van der Waals surface area contributed by atoms with Crippen LogP contribution in [0.3, 0.4) is 0 Å². The van der Waals surface area contributed by atoms with Crippen molar-refractivity contribution >= 4 is 5.91 Å². The molecule has 0 aromatic heterocycles. The van der Waals surface area contributed by atoms with Crippen molar-refractivity contribution in [2.24, 2.45) is 0 Å². The van der Waals surface area contributed by atoms with Gasteiger partial charge in [-0.15, -0.1) is 0 Å². The van der Waals surface area contributed by atoms with E-state index in [9.17, 15) is 13.6 Å². The van der Waals surface area contributed by atoms with Crippen LogP contribution in [0.5, 0.6) is 5.75 Å². The second-order valence-electron chi connectivity index (χ2n) is 3.49. The maximum Gasteiger partial charge on any atom is 0.387 e. The molecular formula is C12H15F2NO4. The molecule has 0 radical (unpaired) electrons. The lowest BCUT2D eigenvalue weighted by Crippen LogP contribution is -2.27. The first-order valence-corrected chi connectivity index (χ1v) is 5.65. The fourth-order valence-corrected chi connectivity index (χ4v) is 1.29. The topological polar surface area (TPSA) is 67.8 Å². The van der Waals surface area contributed by atoms with Crippen LogP contribution >= 0.6 is 0 Å². The van der Waals surface area contributed by atoms with Crippen LogP contribution in [0.2, 0.25) is 0 Å². The van der Waals surface area contributed by atoms with Crippen LogP contribution in [-0.4, -0.2) is 44.0 Å². The molecule has 1 aromatic rings. The number of alkyl halides is 2. The number of hydrogen-bond donors (Lipinski definition) is 2. The molecule has 0 aliphatic carbocycles. The number of nitrogens with one attached hydrogen (secondary N) is 1. The lowest BCUT2D eigenvalue weighted by Gasteiger charge is -2.07. The molecule has 0 aliphatic rings. The number of rotatable bonds is 8. The van der Waals surface area contributed by atoms with Crippen LogP contribution < -0.4 is 10.1 Å². The number of ether oxygens (including phenoxy) is 2. The summed E-state index contributed by atoms with van der Waals surface area (Å²) >= 11 is 0. The summed E-state index contributed by atoms with van der Waals surface area (Å²) in [4.78, 5) is 11.6. The second-order valence-corrected chi connectivity index (χ2v) is 3.49. The summed E-state index contributed by atoms with van der Waals surface area (Å²) in [5, 5.41) is 11.0. The molecule has 1 rings (SSSR count). The van der Waals surface area contributed by atoms with E-state index in [0.717, 1.165) is 0 Å². The van der Waals surface area contributed by atoms with Crippen molar-refractivity contribution in [3.8, 4) is 5.75 Å². The van der Waals surface area contributed by atoms with Gasteiger partial charge in [-0.05, 0) is 24.3 Å². The van der Waals surface area contributed by atoms with Crippen molar-refractivity contribution in [3.63, 3.8) is 0 Å². The number of halogens is 2. The highest BCUT2D eigenvalue weighted by molar-refractivity contribution is 5.94. The largest absolute Gasteiger partial charge is 0.435 e. The van der Waals surface area contributed by atoms with E-state index < -0.39 is 6.61 Å². The maximum atomic E-state index is 11.9. The number of aliphatic hydroxyl groups is 1. The highest BCUT2D eigenvalue weighted by atomic mass is 19.3. The van der Waals surface area contributed by atoms with Crippen LogP contribution in [0.4, 0.5) is 8.78 Å². The van der Waals surface area contributed by atoms with Crippen LogP contribution in [0.1, 0.15) is 10.4 Å². The molecule has 1 amide bonds. The smallest absolute Gasteiger partial charge is 0.387 e. The minimum atomic E-state index is -2.89. The van der Waals surface area contributed by atoms with Gasteiger partial charge in [-0.1, -0.05) is 0 Å². The SMILES string of the molecule is O=C(NCCOCCO)c1ccc(OC(F)F)cc1. The number of amides is 1. The number of benzene rings is 1. The fraction of sp³-hybridized carbons (Fsp3) is 0.417. The Balaban J connectivity index is 2.36. The molecule has 1 aromatic carbocycles. The van der Waals surface area contributed by atoms with Gasteiger partial charge in [0.05, 0.1) is 19.8 Å². The Morgan fingerprint density at radius 1 is 1.26 bits per heavy atom. The molecule has 0 saturated carbocycles. The Hall–Kier alpha value is -1.73. The van der Waals surface area contributed by atoms with E-state index in [4.69, 9.17) is 9.84 Å². The summed E-state index contributed by atoms with van der Waals surface area (Å²) in [6, 6.07) is 5.37. The molecular weight excluding hydrogens is 260 g/mol. The van der Waals surface area contributed by atoms with Crippen molar-refractivity contribution in [2.75, 3.05) is 26.4 Å². The first kappa shape index (κ1) is 15.3. The number of carbonyl (C=O) groups excluding carboxylic acids is 1. The Morgan fingerprint density at radius 2 is 1.95 bits per heavy atom. The van der Waals surface area contributed by atoms with Crippen LogP contribution in [-0.2, 0) is 4.74 Å². The first-order valence-electron chi connectivity index (χ1n) is 5.65. The third kappa shape index (κ3) is 6.12. The Morgan fingerprint density at radius 3 is 2.53 bits per heavy atom. The van der Waals surface area contributed by atoms with Gasteiger partial charge in [0.2, 0.25) is 0 Å². The second kappa shape index (κ2) is 8.39. The Labute approximate surface area is 109 Å². The molecule has 19 heavy (non-hydrogen) atoms. The molecule has 2 N–H and O–H groups in total. The van der Waals surface area contributed by atoms with E-state index in [0.29, 0.717) is 18.7 Å². The predicted octanol–water partition coefficient (Wildman–Crippen LogP) is 1.03. The molecule has 0 fully saturated rings. The van der Waals surface area contributed by atoms with E-state index >= 15 is 0 Å². The highest BCUT2D eigenvalue weighted by Crippen LogP contribution is 2.14. The van der Waals surface area contributed by atoms with Gasteiger partial charge in [-0.2, -0.15) is 8.78 Å². The van der Waals surface area contributed by atoms with E-state index in [-0.39, 0.29) is 24.9 Å². The molecule has 5 nitrogen and oxygen atoms in total. The third-order valence-electron chi connectivity index (χ3n) is 2.11. The third-order valence-corrected chi connectivity index (χ3v) is 2.11. The van der Waals surface area contributed by atoms with Crippen LogP contribution in [0, 0.1) is 0 Å². The summed E-state index contributed by atoms with van der Waals surface area (Å²) in [7, 11) is 0. The quantitative estimate of drug-likeness (QED) is 0.695. The number of carbonyl (C=O) groups is 1. The molecule has 7 heteroatoms. The minimum Gasteiger partial charge on any atom is -0.435 e.